The molecule has 0 saturated heterocycles. The number of benzene rings is 1. The van der Waals surface area contributed by atoms with E-state index in [1.54, 1.807) is 7.11 Å². The normalized spacial score (nSPS) is 18.1. The predicted octanol–water partition coefficient (Wildman–Crippen LogP) is 4.67. The van der Waals surface area contributed by atoms with Gasteiger partial charge in [-0.05, 0) is 53.4 Å². The molecule has 1 fully saturated rings. The smallest absolute Gasteiger partial charge is 0.177 e. The van der Waals surface area contributed by atoms with E-state index in [0.29, 0.717) is 6.54 Å². The molecule has 0 amide bonds. The van der Waals surface area contributed by atoms with Crippen LogP contribution in [0.5, 0.6) is 5.75 Å². The lowest BCUT2D eigenvalue weighted by atomic mass is 9.69. The summed E-state index contributed by atoms with van der Waals surface area (Å²) in [6.45, 7) is 2.64. The van der Waals surface area contributed by atoms with Gasteiger partial charge in [0, 0.05) is 21.8 Å². The highest BCUT2D eigenvalue weighted by molar-refractivity contribution is 9.10. The molecule has 114 valence electrons. The molecule has 0 radical (unpaired) electrons. The summed E-state index contributed by atoms with van der Waals surface area (Å²) in [4.78, 5) is 0. The molecule has 0 unspecified atom stereocenters. The Morgan fingerprint density at radius 2 is 2.00 bits per heavy atom. The van der Waals surface area contributed by atoms with Crippen LogP contribution < -0.4 is 10.5 Å². The fourth-order valence-electron chi connectivity index (χ4n) is 3.61. The van der Waals surface area contributed by atoms with Crippen molar-refractivity contribution in [2.24, 2.45) is 5.73 Å². The zero-order valence-electron chi connectivity index (χ0n) is 12.7. The van der Waals surface area contributed by atoms with Crippen LogP contribution in [0.3, 0.4) is 0 Å². The average molecular weight is 352 g/mol. The number of nitrogens with two attached hydrogens (primary N) is 1. The lowest BCUT2D eigenvalue weighted by molar-refractivity contribution is 0.298. The van der Waals surface area contributed by atoms with Gasteiger partial charge in [-0.3, -0.25) is 0 Å². The molecule has 1 aliphatic carbocycles. The maximum atomic E-state index is 6.19. The molecule has 2 N–H and O–H groups in total. The molecule has 3 nitrogen and oxygen atoms in total. The minimum Gasteiger partial charge on any atom is -0.493 e. The number of hydrogen-bond donors (Lipinski definition) is 1. The molecule has 1 aromatic carbocycles. The third kappa shape index (κ3) is 2.38. The standard InChI is InChI=1S/C17H22BrNO2/c1-11-8-12-15(18)13(9-14(20-2)16(12)21-11)17(10-19)6-4-3-5-7-17/h8-9H,3-7,10,19H2,1-2H3. The number of aryl methyl sites for hydroxylation is 1. The fraction of sp³-hybridized carbons (Fsp3) is 0.529. The van der Waals surface area contributed by atoms with Crippen molar-refractivity contribution >= 4 is 26.9 Å². The highest BCUT2D eigenvalue weighted by atomic mass is 79.9. The van der Waals surface area contributed by atoms with Gasteiger partial charge >= 0.3 is 0 Å². The molecule has 0 spiro atoms. The Morgan fingerprint density at radius 1 is 1.29 bits per heavy atom. The summed E-state index contributed by atoms with van der Waals surface area (Å²) in [7, 11) is 1.69. The Morgan fingerprint density at radius 3 is 2.62 bits per heavy atom. The molecule has 1 saturated carbocycles. The quantitative estimate of drug-likeness (QED) is 0.873. The second-order valence-corrected chi connectivity index (χ2v) is 6.88. The van der Waals surface area contributed by atoms with E-state index in [-0.39, 0.29) is 5.41 Å². The topological polar surface area (TPSA) is 48.4 Å². The minimum absolute atomic E-state index is 0.0593. The maximum absolute atomic E-state index is 6.19. The molecule has 1 aliphatic rings. The van der Waals surface area contributed by atoms with Crippen LogP contribution in [0.15, 0.2) is 21.0 Å². The van der Waals surface area contributed by atoms with Crippen molar-refractivity contribution in [1.82, 2.24) is 0 Å². The number of furan rings is 1. The van der Waals surface area contributed by atoms with Crippen LogP contribution in [-0.2, 0) is 5.41 Å². The van der Waals surface area contributed by atoms with Gasteiger partial charge < -0.3 is 14.9 Å². The van der Waals surface area contributed by atoms with Crippen LogP contribution in [0.1, 0.15) is 43.4 Å². The van der Waals surface area contributed by atoms with Gasteiger partial charge in [-0.2, -0.15) is 0 Å². The zero-order chi connectivity index (χ0) is 15.0. The van der Waals surface area contributed by atoms with E-state index >= 15 is 0 Å². The number of methoxy groups -OCH3 is 1. The Labute approximate surface area is 134 Å². The molecule has 4 heteroatoms. The third-order valence-corrected chi connectivity index (χ3v) is 5.67. The SMILES string of the molecule is COc1cc(C2(CN)CCCCC2)c(Br)c2cc(C)oc12. The van der Waals surface area contributed by atoms with Crippen LogP contribution in [0.2, 0.25) is 0 Å². The van der Waals surface area contributed by atoms with Crippen LogP contribution in [0, 0.1) is 6.92 Å². The summed E-state index contributed by atoms with van der Waals surface area (Å²) in [5, 5.41) is 1.08. The van der Waals surface area contributed by atoms with Crippen LogP contribution in [0.25, 0.3) is 11.0 Å². The van der Waals surface area contributed by atoms with Crippen molar-refractivity contribution in [1.29, 1.82) is 0 Å². The molecule has 2 aromatic rings. The van der Waals surface area contributed by atoms with Crippen LogP contribution in [-0.4, -0.2) is 13.7 Å². The predicted molar refractivity (Wildman–Crippen MR) is 89.0 cm³/mol. The van der Waals surface area contributed by atoms with Gasteiger partial charge in [0.15, 0.2) is 11.3 Å². The second kappa shape index (κ2) is 5.65. The maximum Gasteiger partial charge on any atom is 0.177 e. The molecule has 1 heterocycles. The van der Waals surface area contributed by atoms with Gasteiger partial charge in [-0.1, -0.05) is 19.3 Å². The highest BCUT2D eigenvalue weighted by Crippen LogP contribution is 2.46. The number of rotatable bonds is 3. The molecule has 0 bridgehead atoms. The summed E-state index contributed by atoms with van der Waals surface area (Å²) >= 11 is 3.80. The van der Waals surface area contributed by atoms with Crippen molar-refractivity contribution < 1.29 is 9.15 Å². The Kier molecular flexibility index (Phi) is 4.02. The van der Waals surface area contributed by atoms with Crippen molar-refractivity contribution in [3.05, 3.63) is 27.9 Å². The molecule has 1 aromatic heterocycles. The van der Waals surface area contributed by atoms with Crippen LogP contribution in [0.4, 0.5) is 0 Å². The number of hydrogen-bond acceptors (Lipinski definition) is 3. The van der Waals surface area contributed by atoms with Crippen molar-refractivity contribution in [2.75, 3.05) is 13.7 Å². The zero-order valence-corrected chi connectivity index (χ0v) is 14.3. The van der Waals surface area contributed by atoms with Crippen molar-refractivity contribution in [3.63, 3.8) is 0 Å². The Bertz CT molecular complexity index is 656. The largest absolute Gasteiger partial charge is 0.493 e. The first-order chi connectivity index (χ1) is 10.1. The summed E-state index contributed by atoms with van der Waals surface area (Å²) in [5.74, 6) is 1.70. The lowest BCUT2D eigenvalue weighted by Gasteiger charge is -2.37. The third-order valence-electron chi connectivity index (χ3n) is 4.82. The molecule has 0 atom stereocenters. The average Bonchev–Trinajstić information content (AvgIpc) is 2.91. The van der Waals surface area contributed by atoms with Gasteiger partial charge in [0.05, 0.1) is 7.11 Å². The highest BCUT2D eigenvalue weighted by Gasteiger charge is 2.35. The molecule has 21 heavy (non-hydrogen) atoms. The number of fused-ring (bicyclic) bond motifs is 1. The molecule has 0 aliphatic heterocycles. The van der Waals surface area contributed by atoms with E-state index in [2.05, 4.69) is 28.1 Å². The monoisotopic (exact) mass is 351 g/mol. The summed E-state index contributed by atoms with van der Waals surface area (Å²) < 4.78 is 12.5. The molecular formula is C17H22BrNO2. The first-order valence-electron chi connectivity index (χ1n) is 7.58. The van der Waals surface area contributed by atoms with E-state index < -0.39 is 0 Å². The molecule has 3 rings (SSSR count). The van der Waals surface area contributed by atoms with Gasteiger partial charge in [0.2, 0.25) is 0 Å². The van der Waals surface area contributed by atoms with Crippen molar-refractivity contribution in [3.8, 4) is 5.75 Å². The minimum atomic E-state index is 0.0593. The van der Waals surface area contributed by atoms with E-state index in [1.165, 1.54) is 24.8 Å². The first-order valence-corrected chi connectivity index (χ1v) is 8.38. The van der Waals surface area contributed by atoms with E-state index in [0.717, 1.165) is 39.8 Å². The van der Waals surface area contributed by atoms with Gasteiger partial charge in [-0.15, -0.1) is 0 Å². The van der Waals surface area contributed by atoms with Gasteiger partial charge in [0.1, 0.15) is 5.76 Å². The van der Waals surface area contributed by atoms with E-state index in [4.69, 9.17) is 14.9 Å². The van der Waals surface area contributed by atoms with Gasteiger partial charge in [0.25, 0.3) is 0 Å². The first kappa shape index (κ1) is 14.9. The summed E-state index contributed by atoms with van der Waals surface area (Å²) in [6.07, 6.45) is 6.09. The summed E-state index contributed by atoms with van der Waals surface area (Å²) in [5.41, 5.74) is 8.34. The van der Waals surface area contributed by atoms with Crippen molar-refractivity contribution in [2.45, 2.75) is 44.4 Å². The second-order valence-electron chi connectivity index (χ2n) is 6.09. The Balaban J connectivity index is 2.24. The van der Waals surface area contributed by atoms with Gasteiger partial charge in [-0.25, -0.2) is 0 Å². The number of ether oxygens (including phenoxy) is 1. The van der Waals surface area contributed by atoms with E-state index in [9.17, 15) is 0 Å². The van der Waals surface area contributed by atoms with Crippen LogP contribution >= 0.6 is 15.9 Å². The Hall–Kier alpha value is -1.00. The lowest BCUT2D eigenvalue weighted by Crippen LogP contribution is -2.37. The number of halogens is 1. The van der Waals surface area contributed by atoms with E-state index in [1.807, 2.05) is 6.92 Å². The fourth-order valence-corrected chi connectivity index (χ4v) is 4.44. The molecular weight excluding hydrogens is 330 g/mol. The summed E-state index contributed by atoms with van der Waals surface area (Å²) in [6, 6.07) is 4.19.